The fourth-order valence-corrected chi connectivity index (χ4v) is 3.54. The molecule has 1 amide bonds. The van der Waals surface area contributed by atoms with Crippen LogP contribution in [0.4, 0.5) is 11.5 Å². The molecule has 0 aromatic carbocycles. The Labute approximate surface area is 198 Å². The summed E-state index contributed by atoms with van der Waals surface area (Å²) in [6, 6.07) is 11.4. The summed E-state index contributed by atoms with van der Waals surface area (Å²) < 4.78 is 0. The van der Waals surface area contributed by atoms with E-state index in [0.717, 1.165) is 45.6 Å². The molecule has 0 aliphatic heterocycles. The monoisotopic (exact) mass is 451 g/mol. The van der Waals surface area contributed by atoms with E-state index in [1.165, 1.54) is 0 Å². The topological polar surface area (TPSA) is 116 Å². The minimum Gasteiger partial charge on any atom is -0.370 e. The van der Waals surface area contributed by atoms with Crippen LogP contribution in [0.3, 0.4) is 0 Å². The van der Waals surface area contributed by atoms with Crippen LogP contribution in [-0.4, -0.2) is 32.4 Å². The molecule has 34 heavy (non-hydrogen) atoms. The normalized spacial score (nSPS) is 11.1. The molecule has 0 saturated heterocycles. The van der Waals surface area contributed by atoms with E-state index in [-0.39, 0.29) is 11.6 Å². The van der Waals surface area contributed by atoms with Crippen molar-refractivity contribution in [3.05, 3.63) is 72.1 Å². The fourth-order valence-electron chi connectivity index (χ4n) is 3.54. The molecule has 0 atom stereocenters. The van der Waals surface area contributed by atoms with Crippen molar-refractivity contribution < 1.29 is 4.79 Å². The second kappa shape index (κ2) is 9.24. The van der Waals surface area contributed by atoms with Crippen molar-refractivity contribution in [2.75, 3.05) is 17.2 Å². The van der Waals surface area contributed by atoms with E-state index in [1.807, 2.05) is 32.0 Å². The molecule has 0 spiro atoms. The third kappa shape index (κ3) is 4.69. The number of carbonyl (C=O) groups excluding carboxylic acids is 1. The lowest BCUT2D eigenvalue weighted by Gasteiger charge is -2.16. The molecule has 4 aromatic heterocycles. The maximum Gasteiger partial charge on any atom is 0.274 e. The second-order valence-corrected chi connectivity index (χ2v) is 8.49. The molecule has 8 heteroatoms. The van der Waals surface area contributed by atoms with Gasteiger partial charge in [0.15, 0.2) is 0 Å². The lowest BCUT2D eigenvalue weighted by atomic mass is 9.86. The number of pyridine rings is 4. The highest BCUT2D eigenvalue weighted by Crippen LogP contribution is 2.28. The SMILES string of the molecule is CCNc1cc2ncc(-c3cc(NC(=O)c4cc(C(C)(C)C#N)ccn4)cnc3C)cc2cn1. The lowest BCUT2D eigenvalue weighted by Crippen LogP contribution is -2.18. The predicted molar refractivity (Wildman–Crippen MR) is 132 cm³/mol. The third-order valence-electron chi connectivity index (χ3n) is 5.57. The van der Waals surface area contributed by atoms with Crippen LogP contribution in [0.1, 0.15) is 42.5 Å². The molecule has 0 fully saturated rings. The molecule has 0 aliphatic carbocycles. The number of fused-ring (bicyclic) bond motifs is 1. The van der Waals surface area contributed by atoms with E-state index in [9.17, 15) is 10.1 Å². The van der Waals surface area contributed by atoms with Crippen LogP contribution in [0.15, 0.2) is 55.1 Å². The maximum absolute atomic E-state index is 12.9. The van der Waals surface area contributed by atoms with Gasteiger partial charge < -0.3 is 10.6 Å². The van der Waals surface area contributed by atoms with Crippen molar-refractivity contribution in [2.24, 2.45) is 0 Å². The molecular weight excluding hydrogens is 426 g/mol. The first-order valence-electron chi connectivity index (χ1n) is 11.0. The highest BCUT2D eigenvalue weighted by atomic mass is 16.1. The molecule has 4 rings (SSSR count). The summed E-state index contributed by atoms with van der Waals surface area (Å²) in [5, 5.41) is 16.4. The van der Waals surface area contributed by atoms with Gasteiger partial charge in [-0.3, -0.25) is 19.7 Å². The van der Waals surface area contributed by atoms with Gasteiger partial charge in [-0.15, -0.1) is 0 Å². The smallest absolute Gasteiger partial charge is 0.274 e. The zero-order chi connectivity index (χ0) is 24.3. The van der Waals surface area contributed by atoms with Crippen molar-refractivity contribution >= 4 is 28.3 Å². The van der Waals surface area contributed by atoms with Crippen LogP contribution in [0.25, 0.3) is 22.0 Å². The average molecular weight is 452 g/mol. The van der Waals surface area contributed by atoms with Gasteiger partial charge in [0.1, 0.15) is 11.5 Å². The van der Waals surface area contributed by atoms with Crippen molar-refractivity contribution in [1.82, 2.24) is 19.9 Å². The standard InChI is InChI=1S/C26H25N7O/c1-5-28-24-11-22-18(13-32-24)8-17(12-31-22)21-10-20(14-30-16(21)2)33-25(34)23-9-19(6-7-29-23)26(3,4)15-27/h6-14H,5H2,1-4H3,(H,28,32)(H,33,34). The van der Waals surface area contributed by atoms with Crippen molar-refractivity contribution in [3.8, 4) is 17.2 Å². The van der Waals surface area contributed by atoms with Gasteiger partial charge in [0, 0.05) is 53.4 Å². The van der Waals surface area contributed by atoms with Gasteiger partial charge in [-0.25, -0.2) is 4.98 Å². The highest BCUT2D eigenvalue weighted by molar-refractivity contribution is 6.03. The number of nitrogens with zero attached hydrogens (tertiary/aromatic N) is 5. The predicted octanol–water partition coefficient (Wildman–Crippen LogP) is 4.88. The molecule has 2 N–H and O–H groups in total. The Bertz CT molecular complexity index is 1420. The Balaban J connectivity index is 1.62. The molecule has 0 unspecified atom stereocenters. The van der Waals surface area contributed by atoms with Gasteiger partial charge in [0.25, 0.3) is 5.91 Å². The van der Waals surface area contributed by atoms with Gasteiger partial charge >= 0.3 is 0 Å². The summed E-state index contributed by atoms with van der Waals surface area (Å²) in [5.74, 6) is 0.414. The van der Waals surface area contributed by atoms with Gasteiger partial charge in [-0.2, -0.15) is 5.26 Å². The zero-order valence-electron chi connectivity index (χ0n) is 19.5. The number of carbonyl (C=O) groups is 1. The van der Waals surface area contributed by atoms with Gasteiger partial charge in [0.05, 0.1) is 28.9 Å². The van der Waals surface area contributed by atoms with E-state index in [2.05, 4.69) is 36.6 Å². The van der Waals surface area contributed by atoms with Gasteiger partial charge in [0.2, 0.25) is 0 Å². The van der Waals surface area contributed by atoms with Crippen LogP contribution in [0.5, 0.6) is 0 Å². The van der Waals surface area contributed by atoms with E-state index < -0.39 is 5.41 Å². The van der Waals surface area contributed by atoms with Gasteiger partial charge in [-0.1, -0.05) is 0 Å². The Kier molecular flexibility index (Phi) is 6.19. The lowest BCUT2D eigenvalue weighted by molar-refractivity contribution is 0.102. The van der Waals surface area contributed by atoms with Crippen LogP contribution in [0.2, 0.25) is 0 Å². The molecule has 4 aromatic rings. The van der Waals surface area contributed by atoms with E-state index >= 15 is 0 Å². The molecule has 0 bridgehead atoms. The van der Waals surface area contributed by atoms with Crippen LogP contribution < -0.4 is 10.6 Å². The first-order valence-corrected chi connectivity index (χ1v) is 11.0. The molecule has 4 heterocycles. The number of amides is 1. The van der Waals surface area contributed by atoms with E-state index in [1.54, 1.807) is 50.8 Å². The second-order valence-electron chi connectivity index (χ2n) is 8.49. The number of anilines is 2. The fraction of sp³-hybridized carbons (Fsp3) is 0.231. The van der Waals surface area contributed by atoms with Crippen molar-refractivity contribution in [1.29, 1.82) is 5.26 Å². The third-order valence-corrected chi connectivity index (χ3v) is 5.57. The largest absolute Gasteiger partial charge is 0.370 e. The molecule has 0 aliphatic rings. The van der Waals surface area contributed by atoms with Crippen molar-refractivity contribution in [3.63, 3.8) is 0 Å². The maximum atomic E-state index is 12.9. The molecule has 0 radical (unpaired) electrons. The first-order chi connectivity index (χ1) is 16.3. The first kappa shape index (κ1) is 22.8. The Morgan fingerprint density at radius 2 is 1.88 bits per heavy atom. The number of hydrogen-bond acceptors (Lipinski definition) is 7. The molecule has 8 nitrogen and oxygen atoms in total. The summed E-state index contributed by atoms with van der Waals surface area (Å²) >= 11 is 0. The summed E-state index contributed by atoms with van der Waals surface area (Å²) in [6.07, 6.45) is 6.74. The Morgan fingerprint density at radius 1 is 1.06 bits per heavy atom. The number of nitriles is 1. The average Bonchev–Trinajstić information content (AvgIpc) is 2.85. The Hall–Kier alpha value is -4.38. The molecule has 170 valence electrons. The number of aryl methyl sites for hydroxylation is 1. The summed E-state index contributed by atoms with van der Waals surface area (Å²) in [6.45, 7) is 8.31. The van der Waals surface area contributed by atoms with Crippen LogP contribution in [-0.2, 0) is 5.41 Å². The van der Waals surface area contributed by atoms with E-state index in [4.69, 9.17) is 0 Å². The summed E-state index contributed by atoms with van der Waals surface area (Å²) in [4.78, 5) is 30.5. The highest BCUT2D eigenvalue weighted by Gasteiger charge is 2.21. The number of rotatable bonds is 6. The van der Waals surface area contributed by atoms with Crippen molar-refractivity contribution in [2.45, 2.75) is 33.1 Å². The van der Waals surface area contributed by atoms with Gasteiger partial charge in [-0.05, 0) is 57.5 Å². The quantitative estimate of drug-likeness (QED) is 0.429. The number of hydrogen-bond donors (Lipinski definition) is 2. The van der Waals surface area contributed by atoms with Crippen LogP contribution in [0, 0.1) is 18.3 Å². The minimum atomic E-state index is -0.720. The zero-order valence-corrected chi connectivity index (χ0v) is 19.5. The number of nitrogens with one attached hydrogen (secondary N) is 2. The summed E-state index contributed by atoms with van der Waals surface area (Å²) in [5.41, 5.74) is 4.17. The minimum absolute atomic E-state index is 0.234. The number of aromatic nitrogens is 4. The Morgan fingerprint density at radius 3 is 2.65 bits per heavy atom. The van der Waals surface area contributed by atoms with Crippen LogP contribution >= 0.6 is 0 Å². The summed E-state index contributed by atoms with van der Waals surface area (Å²) in [7, 11) is 0. The van der Waals surface area contributed by atoms with E-state index in [0.29, 0.717) is 5.69 Å². The molecular formula is C26H25N7O. The molecule has 0 saturated carbocycles.